The molecule has 4 heteroatoms. The van der Waals surface area contributed by atoms with Crippen LogP contribution in [0.5, 0.6) is 0 Å². The fourth-order valence-corrected chi connectivity index (χ4v) is 1.73. The van der Waals surface area contributed by atoms with Gasteiger partial charge in [0, 0.05) is 23.2 Å². The van der Waals surface area contributed by atoms with Crippen LogP contribution in [-0.2, 0) is 4.79 Å². The van der Waals surface area contributed by atoms with Crippen molar-refractivity contribution >= 4 is 27.5 Å². The molecule has 0 heterocycles. The van der Waals surface area contributed by atoms with Gasteiger partial charge in [-0.2, -0.15) is 0 Å². The number of benzene rings is 1. The first-order valence-electron chi connectivity index (χ1n) is 5.67. The highest BCUT2D eigenvalue weighted by Crippen LogP contribution is 2.20. The molecule has 1 amide bonds. The lowest BCUT2D eigenvalue weighted by atomic mass is 10.2. The average molecular weight is 299 g/mol. The third kappa shape index (κ3) is 4.04. The Morgan fingerprint density at radius 2 is 2.12 bits per heavy atom. The Hall–Kier alpha value is -1.03. The second-order valence-electron chi connectivity index (χ2n) is 4.41. The molecule has 0 aromatic heterocycles. The first kappa shape index (κ1) is 14.0. The van der Waals surface area contributed by atoms with E-state index in [2.05, 4.69) is 21.2 Å². The molecule has 1 N–H and O–H groups in total. The fourth-order valence-electron chi connectivity index (χ4n) is 1.37. The van der Waals surface area contributed by atoms with Crippen molar-refractivity contribution in [3.05, 3.63) is 28.2 Å². The van der Waals surface area contributed by atoms with E-state index < -0.39 is 0 Å². The number of carbonyl (C=O) groups is 1. The minimum Gasteiger partial charge on any atom is -0.376 e. The van der Waals surface area contributed by atoms with Gasteiger partial charge >= 0.3 is 0 Å². The molecular weight excluding hydrogens is 280 g/mol. The van der Waals surface area contributed by atoms with E-state index in [1.807, 2.05) is 46.0 Å². The predicted molar refractivity (Wildman–Crippen MR) is 75.3 cm³/mol. The van der Waals surface area contributed by atoms with Crippen molar-refractivity contribution in [1.29, 1.82) is 0 Å². The zero-order chi connectivity index (χ0) is 13.0. The second kappa shape index (κ2) is 6.05. The molecule has 0 saturated heterocycles. The minimum absolute atomic E-state index is 0.0966. The average Bonchev–Trinajstić information content (AvgIpc) is 2.28. The monoisotopic (exact) mass is 298 g/mol. The first-order chi connectivity index (χ1) is 7.91. The maximum atomic E-state index is 11.8. The molecule has 0 fully saturated rings. The summed E-state index contributed by atoms with van der Waals surface area (Å²) in [5.41, 5.74) is 2.12. The van der Waals surface area contributed by atoms with Crippen LogP contribution in [0.15, 0.2) is 22.7 Å². The molecule has 94 valence electrons. The predicted octanol–water partition coefficient (Wildman–Crippen LogP) is 3.04. The number of hydrogen-bond acceptors (Lipinski definition) is 2. The summed E-state index contributed by atoms with van der Waals surface area (Å²) in [5, 5.41) is 3.17. The molecule has 0 spiro atoms. The molecule has 1 rings (SSSR count). The van der Waals surface area contributed by atoms with Gasteiger partial charge in [-0.05, 0) is 38.5 Å². The van der Waals surface area contributed by atoms with Crippen LogP contribution in [0.25, 0.3) is 0 Å². The molecule has 0 atom stereocenters. The summed E-state index contributed by atoms with van der Waals surface area (Å²) in [6, 6.07) is 6.22. The number of aryl methyl sites for hydroxylation is 1. The standard InChI is InChI=1S/C13H19BrN2O/c1-9(2)16(4)13(17)8-15-12-7-11(14)6-5-10(12)3/h5-7,9,15H,8H2,1-4H3. The van der Waals surface area contributed by atoms with Gasteiger partial charge in [0.05, 0.1) is 6.54 Å². The summed E-state index contributed by atoms with van der Waals surface area (Å²) in [4.78, 5) is 13.5. The lowest BCUT2D eigenvalue weighted by Crippen LogP contribution is -2.37. The van der Waals surface area contributed by atoms with Crippen molar-refractivity contribution in [2.24, 2.45) is 0 Å². The SMILES string of the molecule is Cc1ccc(Br)cc1NCC(=O)N(C)C(C)C. The van der Waals surface area contributed by atoms with Crippen molar-refractivity contribution in [3.8, 4) is 0 Å². The van der Waals surface area contributed by atoms with Gasteiger partial charge in [-0.15, -0.1) is 0 Å². The van der Waals surface area contributed by atoms with E-state index in [1.54, 1.807) is 4.90 Å². The third-order valence-corrected chi connectivity index (χ3v) is 3.29. The summed E-state index contributed by atoms with van der Waals surface area (Å²) in [5.74, 6) is 0.0966. The minimum atomic E-state index is 0.0966. The summed E-state index contributed by atoms with van der Waals surface area (Å²) in [6.45, 7) is 6.35. The van der Waals surface area contributed by atoms with E-state index >= 15 is 0 Å². The van der Waals surface area contributed by atoms with Crippen molar-refractivity contribution in [1.82, 2.24) is 4.90 Å². The van der Waals surface area contributed by atoms with E-state index in [0.717, 1.165) is 15.7 Å². The van der Waals surface area contributed by atoms with E-state index in [0.29, 0.717) is 6.54 Å². The molecular formula is C13H19BrN2O. The Bertz CT molecular complexity index is 404. The van der Waals surface area contributed by atoms with E-state index in [4.69, 9.17) is 0 Å². The van der Waals surface area contributed by atoms with Crippen molar-refractivity contribution < 1.29 is 4.79 Å². The van der Waals surface area contributed by atoms with Gasteiger partial charge in [-0.25, -0.2) is 0 Å². The van der Waals surface area contributed by atoms with E-state index in [-0.39, 0.29) is 11.9 Å². The third-order valence-electron chi connectivity index (χ3n) is 2.80. The summed E-state index contributed by atoms with van der Waals surface area (Å²) in [6.07, 6.45) is 0. The quantitative estimate of drug-likeness (QED) is 0.927. The van der Waals surface area contributed by atoms with Crippen LogP contribution >= 0.6 is 15.9 Å². The Kier molecular flexibility index (Phi) is 5.00. The van der Waals surface area contributed by atoms with Crippen molar-refractivity contribution in [2.45, 2.75) is 26.8 Å². The number of halogens is 1. The van der Waals surface area contributed by atoms with Gasteiger partial charge in [-0.1, -0.05) is 22.0 Å². The zero-order valence-electron chi connectivity index (χ0n) is 10.7. The van der Waals surface area contributed by atoms with Crippen molar-refractivity contribution in [2.75, 3.05) is 18.9 Å². The highest BCUT2D eigenvalue weighted by molar-refractivity contribution is 9.10. The molecule has 0 bridgehead atoms. The molecule has 1 aromatic carbocycles. The number of nitrogens with zero attached hydrogens (tertiary/aromatic N) is 1. The number of nitrogens with one attached hydrogen (secondary N) is 1. The number of rotatable bonds is 4. The molecule has 17 heavy (non-hydrogen) atoms. The zero-order valence-corrected chi connectivity index (χ0v) is 12.3. The molecule has 0 aliphatic rings. The number of anilines is 1. The highest BCUT2D eigenvalue weighted by Gasteiger charge is 2.11. The van der Waals surface area contributed by atoms with Gasteiger partial charge < -0.3 is 10.2 Å². The Morgan fingerprint density at radius 3 is 2.71 bits per heavy atom. The number of carbonyl (C=O) groups excluding carboxylic acids is 1. The number of amides is 1. The Balaban J connectivity index is 2.61. The topological polar surface area (TPSA) is 32.3 Å². The first-order valence-corrected chi connectivity index (χ1v) is 6.46. The number of likely N-dealkylation sites (N-methyl/N-ethyl adjacent to an activating group) is 1. The smallest absolute Gasteiger partial charge is 0.241 e. The molecule has 1 aromatic rings. The van der Waals surface area contributed by atoms with E-state index in [1.165, 1.54) is 0 Å². The second-order valence-corrected chi connectivity index (χ2v) is 5.33. The van der Waals surface area contributed by atoms with Gasteiger partial charge in [0.15, 0.2) is 0 Å². The van der Waals surface area contributed by atoms with Crippen molar-refractivity contribution in [3.63, 3.8) is 0 Å². The molecule has 0 unspecified atom stereocenters. The van der Waals surface area contributed by atoms with Gasteiger partial charge in [0.2, 0.25) is 5.91 Å². The van der Waals surface area contributed by atoms with Crippen LogP contribution in [-0.4, -0.2) is 30.4 Å². The maximum Gasteiger partial charge on any atom is 0.241 e. The summed E-state index contributed by atoms with van der Waals surface area (Å²) < 4.78 is 1.01. The van der Waals surface area contributed by atoms with Gasteiger partial charge in [-0.3, -0.25) is 4.79 Å². The number of hydrogen-bond donors (Lipinski definition) is 1. The van der Waals surface area contributed by atoms with Crippen LogP contribution in [0, 0.1) is 6.92 Å². The Morgan fingerprint density at radius 1 is 1.47 bits per heavy atom. The van der Waals surface area contributed by atoms with Gasteiger partial charge in [0.25, 0.3) is 0 Å². The molecule has 3 nitrogen and oxygen atoms in total. The lowest BCUT2D eigenvalue weighted by molar-refractivity contribution is -0.129. The largest absolute Gasteiger partial charge is 0.376 e. The van der Waals surface area contributed by atoms with Crippen LogP contribution in [0.4, 0.5) is 5.69 Å². The molecule has 0 radical (unpaired) electrons. The van der Waals surface area contributed by atoms with Crippen LogP contribution in [0.2, 0.25) is 0 Å². The normalized spacial score (nSPS) is 10.5. The summed E-state index contributed by atoms with van der Waals surface area (Å²) >= 11 is 3.42. The molecule has 0 saturated carbocycles. The lowest BCUT2D eigenvalue weighted by Gasteiger charge is -2.22. The van der Waals surface area contributed by atoms with Crippen LogP contribution < -0.4 is 5.32 Å². The fraction of sp³-hybridized carbons (Fsp3) is 0.462. The molecule has 0 aliphatic heterocycles. The van der Waals surface area contributed by atoms with Gasteiger partial charge in [0.1, 0.15) is 0 Å². The van der Waals surface area contributed by atoms with Crippen LogP contribution in [0.1, 0.15) is 19.4 Å². The highest BCUT2D eigenvalue weighted by atomic mass is 79.9. The van der Waals surface area contributed by atoms with E-state index in [9.17, 15) is 4.79 Å². The molecule has 0 aliphatic carbocycles. The summed E-state index contributed by atoms with van der Waals surface area (Å²) in [7, 11) is 1.82. The maximum absolute atomic E-state index is 11.8. The Labute approximate surface area is 111 Å². The van der Waals surface area contributed by atoms with Crippen LogP contribution in [0.3, 0.4) is 0 Å².